The third kappa shape index (κ3) is 5.98. The van der Waals surface area contributed by atoms with E-state index in [2.05, 4.69) is 228 Å². The van der Waals surface area contributed by atoms with Crippen LogP contribution >= 0.6 is 0 Å². The fraction of sp³-hybridized carbons (Fsp3) is 0. The van der Waals surface area contributed by atoms with Gasteiger partial charge in [0.05, 0.1) is 11.4 Å². The predicted molar refractivity (Wildman–Crippen MR) is 231 cm³/mol. The molecule has 0 aliphatic heterocycles. The molecule has 0 spiro atoms. The molecule has 55 heavy (non-hydrogen) atoms. The fourth-order valence-electron chi connectivity index (χ4n) is 7.85. The molecule has 1 aromatic heterocycles. The average Bonchev–Trinajstić information content (AvgIpc) is 3.63. The van der Waals surface area contributed by atoms with Crippen molar-refractivity contribution in [1.82, 2.24) is 0 Å². The minimum atomic E-state index is 0.830. The van der Waals surface area contributed by atoms with Crippen LogP contribution in [0.15, 0.2) is 223 Å². The molecular formula is C52H36N2O. The van der Waals surface area contributed by atoms with E-state index in [-0.39, 0.29) is 0 Å². The van der Waals surface area contributed by atoms with E-state index < -0.39 is 0 Å². The first-order valence-electron chi connectivity index (χ1n) is 18.7. The third-order valence-electron chi connectivity index (χ3n) is 10.4. The van der Waals surface area contributed by atoms with E-state index in [1.165, 1.54) is 21.9 Å². The van der Waals surface area contributed by atoms with Crippen molar-refractivity contribution < 1.29 is 4.42 Å². The smallest absolute Gasteiger partial charge is 0.137 e. The maximum Gasteiger partial charge on any atom is 0.137 e. The minimum absolute atomic E-state index is 0.830. The number of benzene rings is 9. The van der Waals surface area contributed by atoms with Crippen LogP contribution in [0.25, 0.3) is 55.0 Å². The van der Waals surface area contributed by atoms with Gasteiger partial charge in [0.2, 0.25) is 0 Å². The normalized spacial score (nSPS) is 11.3. The Kier molecular flexibility index (Phi) is 8.16. The van der Waals surface area contributed by atoms with E-state index in [9.17, 15) is 0 Å². The molecule has 0 N–H and O–H groups in total. The molecule has 9 aromatic carbocycles. The van der Waals surface area contributed by atoms with Crippen LogP contribution < -0.4 is 9.80 Å². The summed E-state index contributed by atoms with van der Waals surface area (Å²) in [6.07, 6.45) is 0. The van der Waals surface area contributed by atoms with Gasteiger partial charge in [0, 0.05) is 39.6 Å². The van der Waals surface area contributed by atoms with Crippen molar-refractivity contribution in [2.45, 2.75) is 0 Å². The highest BCUT2D eigenvalue weighted by Gasteiger charge is 2.26. The highest BCUT2D eigenvalue weighted by Crippen LogP contribution is 2.50. The molecule has 0 saturated carbocycles. The van der Waals surface area contributed by atoms with Gasteiger partial charge in [-0.2, -0.15) is 0 Å². The van der Waals surface area contributed by atoms with Gasteiger partial charge in [-0.1, -0.05) is 152 Å². The number of hydrogen-bond donors (Lipinski definition) is 0. The molecule has 0 fully saturated rings. The summed E-state index contributed by atoms with van der Waals surface area (Å²) in [6.45, 7) is 0. The summed E-state index contributed by atoms with van der Waals surface area (Å²) >= 11 is 0. The zero-order valence-electron chi connectivity index (χ0n) is 30.1. The van der Waals surface area contributed by atoms with Gasteiger partial charge in [0.25, 0.3) is 0 Å². The monoisotopic (exact) mass is 704 g/mol. The molecule has 0 amide bonds. The highest BCUT2D eigenvalue weighted by molar-refractivity contribution is 6.20. The summed E-state index contributed by atoms with van der Waals surface area (Å²) in [4.78, 5) is 4.76. The second-order valence-electron chi connectivity index (χ2n) is 13.8. The zero-order chi connectivity index (χ0) is 36.6. The molecular weight excluding hydrogens is 669 g/mol. The van der Waals surface area contributed by atoms with Gasteiger partial charge in [-0.25, -0.2) is 0 Å². The van der Waals surface area contributed by atoms with Crippen LogP contribution in [0.2, 0.25) is 0 Å². The van der Waals surface area contributed by atoms with Crippen LogP contribution in [0.4, 0.5) is 34.1 Å². The maximum atomic E-state index is 6.79. The van der Waals surface area contributed by atoms with Crippen LogP contribution in [0.1, 0.15) is 0 Å². The highest BCUT2D eigenvalue weighted by atomic mass is 16.3. The number of para-hydroxylation sites is 2. The summed E-state index contributed by atoms with van der Waals surface area (Å²) in [5, 5.41) is 4.54. The topological polar surface area (TPSA) is 19.6 Å². The van der Waals surface area contributed by atoms with Gasteiger partial charge in [-0.05, 0) is 93.7 Å². The standard InChI is InChI=1S/C52H36N2O/c1-5-17-37(18-6-1)40-22-15-28-44(33-40)53(42-24-9-3-10-25-42)48-35-47-51(55-50-32-31-39-21-13-14-30-46(39)52(47)50)36-49(48)54(43-26-11-4-12-27-43)45-29-16-23-41(34-45)38-19-7-2-8-20-38/h1-36H. The Morgan fingerprint density at radius 2 is 0.745 bits per heavy atom. The summed E-state index contributed by atoms with van der Waals surface area (Å²) < 4.78 is 6.79. The lowest BCUT2D eigenvalue weighted by Crippen LogP contribution is -2.17. The Hall–Kier alpha value is -7.36. The van der Waals surface area contributed by atoms with Crippen molar-refractivity contribution in [2.75, 3.05) is 9.80 Å². The molecule has 0 aliphatic rings. The lowest BCUT2D eigenvalue weighted by Gasteiger charge is -2.33. The molecule has 10 rings (SSSR count). The van der Waals surface area contributed by atoms with E-state index in [1.807, 2.05) is 0 Å². The van der Waals surface area contributed by atoms with Gasteiger partial charge in [-0.15, -0.1) is 0 Å². The number of furan rings is 1. The molecule has 0 saturated heterocycles. The quantitative estimate of drug-likeness (QED) is 0.157. The van der Waals surface area contributed by atoms with Crippen molar-refractivity contribution >= 4 is 66.8 Å². The minimum Gasteiger partial charge on any atom is -0.456 e. The van der Waals surface area contributed by atoms with Gasteiger partial charge in [0.15, 0.2) is 0 Å². The Labute approximate surface area is 320 Å². The van der Waals surface area contributed by atoms with Crippen LogP contribution in [0, 0.1) is 0 Å². The lowest BCUT2D eigenvalue weighted by atomic mass is 10.0. The first-order chi connectivity index (χ1) is 27.3. The second-order valence-corrected chi connectivity index (χ2v) is 13.8. The molecule has 1 heterocycles. The Bertz CT molecular complexity index is 2920. The zero-order valence-corrected chi connectivity index (χ0v) is 30.1. The van der Waals surface area contributed by atoms with E-state index in [0.717, 1.165) is 67.2 Å². The number of hydrogen-bond acceptors (Lipinski definition) is 3. The van der Waals surface area contributed by atoms with Crippen LogP contribution in [-0.2, 0) is 0 Å². The van der Waals surface area contributed by atoms with Crippen molar-refractivity contribution in [1.29, 1.82) is 0 Å². The average molecular weight is 705 g/mol. The Morgan fingerprint density at radius 1 is 0.291 bits per heavy atom. The fourth-order valence-corrected chi connectivity index (χ4v) is 7.85. The van der Waals surface area contributed by atoms with Crippen LogP contribution in [0.3, 0.4) is 0 Å². The van der Waals surface area contributed by atoms with E-state index in [4.69, 9.17) is 4.42 Å². The molecule has 0 atom stereocenters. The largest absolute Gasteiger partial charge is 0.456 e. The van der Waals surface area contributed by atoms with Crippen molar-refractivity contribution in [2.24, 2.45) is 0 Å². The van der Waals surface area contributed by atoms with Crippen molar-refractivity contribution in [3.05, 3.63) is 218 Å². The van der Waals surface area contributed by atoms with E-state index in [1.54, 1.807) is 0 Å². The molecule has 0 unspecified atom stereocenters. The second kappa shape index (κ2) is 13.9. The van der Waals surface area contributed by atoms with Crippen molar-refractivity contribution in [3.8, 4) is 22.3 Å². The van der Waals surface area contributed by atoms with Gasteiger partial charge in [-0.3, -0.25) is 0 Å². The number of nitrogens with zero attached hydrogens (tertiary/aromatic N) is 2. The number of anilines is 6. The molecule has 0 bridgehead atoms. The maximum absolute atomic E-state index is 6.79. The summed E-state index contributed by atoms with van der Waals surface area (Å²) in [6, 6.07) is 77.6. The SMILES string of the molecule is c1ccc(-c2cccc(N(c3ccccc3)c3cc4oc5ccc6ccccc6c5c4cc3N(c3ccccc3)c3cccc(-c4ccccc4)c3)c2)cc1. The van der Waals surface area contributed by atoms with E-state index >= 15 is 0 Å². The number of rotatable bonds is 8. The lowest BCUT2D eigenvalue weighted by molar-refractivity contribution is 0.669. The molecule has 260 valence electrons. The molecule has 10 aromatic rings. The first-order valence-corrected chi connectivity index (χ1v) is 18.7. The molecule has 3 nitrogen and oxygen atoms in total. The molecule has 0 radical (unpaired) electrons. The first kappa shape index (κ1) is 32.3. The third-order valence-corrected chi connectivity index (χ3v) is 10.4. The van der Waals surface area contributed by atoms with Gasteiger partial charge >= 0.3 is 0 Å². The summed E-state index contributed by atoms with van der Waals surface area (Å²) in [7, 11) is 0. The van der Waals surface area contributed by atoms with Gasteiger partial charge < -0.3 is 14.2 Å². The van der Waals surface area contributed by atoms with Crippen LogP contribution in [0.5, 0.6) is 0 Å². The van der Waals surface area contributed by atoms with Crippen molar-refractivity contribution in [3.63, 3.8) is 0 Å². The van der Waals surface area contributed by atoms with Gasteiger partial charge in [0.1, 0.15) is 11.2 Å². The molecule has 3 heteroatoms. The molecule has 0 aliphatic carbocycles. The Balaban J connectivity index is 1.30. The summed E-state index contributed by atoms with van der Waals surface area (Å²) in [5.74, 6) is 0. The number of fused-ring (bicyclic) bond motifs is 5. The van der Waals surface area contributed by atoms with E-state index in [0.29, 0.717) is 0 Å². The Morgan fingerprint density at radius 3 is 1.31 bits per heavy atom. The van der Waals surface area contributed by atoms with Crippen LogP contribution in [-0.4, -0.2) is 0 Å². The summed E-state index contributed by atoms with van der Waals surface area (Å²) in [5.41, 5.74) is 12.5. The predicted octanol–water partition coefficient (Wildman–Crippen LogP) is 15.0.